The van der Waals surface area contributed by atoms with Gasteiger partial charge in [-0.25, -0.2) is 14.2 Å². The van der Waals surface area contributed by atoms with Crippen LogP contribution in [0.5, 0.6) is 0 Å². The number of rotatable bonds is 4. The predicted molar refractivity (Wildman–Crippen MR) is 84.8 cm³/mol. The number of amides is 1. The molecule has 0 spiro atoms. The topological polar surface area (TPSA) is 54.5 Å². The summed E-state index contributed by atoms with van der Waals surface area (Å²) in [5, 5.41) is 5.74. The molecule has 2 heterocycles. The number of carbonyl (C=O) groups excluding carboxylic acids is 1. The van der Waals surface area contributed by atoms with E-state index in [1.807, 2.05) is 38.0 Å². The SMILES string of the molecule is Cc1nc(CN2C[C@@H](F)C[C@H]2CNC(=O)OC(C)(C)C)cs1. The van der Waals surface area contributed by atoms with Crippen LogP contribution in [0.1, 0.15) is 37.9 Å². The summed E-state index contributed by atoms with van der Waals surface area (Å²) >= 11 is 1.59. The van der Waals surface area contributed by atoms with Crippen molar-refractivity contribution in [3.8, 4) is 0 Å². The molecule has 2 rings (SSSR count). The molecule has 0 bridgehead atoms. The number of nitrogens with one attached hydrogen (secondary N) is 1. The summed E-state index contributed by atoms with van der Waals surface area (Å²) in [6, 6.07) is -0.0236. The number of alkyl carbamates (subject to hydrolysis) is 1. The van der Waals surface area contributed by atoms with Crippen LogP contribution in [0, 0.1) is 6.92 Å². The molecule has 1 aromatic heterocycles. The van der Waals surface area contributed by atoms with E-state index in [1.54, 1.807) is 11.3 Å². The Kier molecular flexibility index (Phi) is 5.39. The molecule has 0 saturated carbocycles. The highest BCUT2D eigenvalue weighted by Gasteiger charge is 2.32. The molecule has 0 unspecified atom stereocenters. The van der Waals surface area contributed by atoms with E-state index in [2.05, 4.69) is 10.3 Å². The second-order valence-electron chi connectivity index (χ2n) is 6.66. The van der Waals surface area contributed by atoms with Gasteiger partial charge in [-0.1, -0.05) is 0 Å². The molecular formula is C15H24FN3O2S. The molecule has 2 atom stereocenters. The van der Waals surface area contributed by atoms with E-state index >= 15 is 0 Å². The van der Waals surface area contributed by atoms with Gasteiger partial charge in [-0.15, -0.1) is 11.3 Å². The highest BCUT2D eigenvalue weighted by molar-refractivity contribution is 7.09. The minimum absolute atomic E-state index is 0.0236. The Hall–Kier alpha value is -1.21. The number of thiazole rings is 1. The highest BCUT2D eigenvalue weighted by Crippen LogP contribution is 2.23. The van der Waals surface area contributed by atoms with Crippen LogP contribution < -0.4 is 5.32 Å². The van der Waals surface area contributed by atoms with Crippen molar-refractivity contribution in [1.29, 1.82) is 0 Å². The van der Waals surface area contributed by atoms with Gasteiger partial charge >= 0.3 is 6.09 Å². The number of hydrogen-bond donors (Lipinski definition) is 1. The monoisotopic (exact) mass is 329 g/mol. The maximum Gasteiger partial charge on any atom is 0.407 e. The fraction of sp³-hybridized carbons (Fsp3) is 0.733. The van der Waals surface area contributed by atoms with Gasteiger partial charge in [0.1, 0.15) is 11.8 Å². The molecule has 1 aliphatic rings. The standard InChI is InChI=1S/C15H24FN3O2S/c1-10-18-12(9-22-10)8-19-7-11(16)5-13(19)6-17-14(20)21-15(2,3)4/h9,11,13H,5-8H2,1-4H3,(H,17,20)/t11-,13-/m0/s1. The van der Waals surface area contributed by atoms with Crippen molar-refractivity contribution in [3.05, 3.63) is 16.1 Å². The smallest absolute Gasteiger partial charge is 0.407 e. The number of hydrogen-bond acceptors (Lipinski definition) is 5. The Morgan fingerprint density at radius 2 is 2.32 bits per heavy atom. The zero-order valence-electron chi connectivity index (χ0n) is 13.6. The minimum Gasteiger partial charge on any atom is -0.444 e. The van der Waals surface area contributed by atoms with Gasteiger partial charge in [0.15, 0.2) is 0 Å². The molecule has 1 N–H and O–H groups in total. The lowest BCUT2D eigenvalue weighted by Crippen LogP contribution is -2.41. The molecule has 0 radical (unpaired) electrons. The number of aryl methyl sites for hydroxylation is 1. The van der Waals surface area contributed by atoms with Gasteiger partial charge in [0, 0.05) is 31.1 Å². The third kappa shape index (κ3) is 5.21. The van der Waals surface area contributed by atoms with Crippen molar-refractivity contribution >= 4 is 17.4 Å². The summed E-state index contributed by atoms with van der Waals surface area (Å²) < 4.78 is 18.9. The highest BCUT2D eigenvalue weighted by atomic mass is 32.1. The van der Waals surface area contributed by atoms with Crippen LogP contribution in [0.3, 0.4) is 0 Å². The second kappa shape index (κ2) is 6.91. The lowest BCUT2D eigenvalue weighted by atomic mass is 10.2. The Labute approximate surface area is 134 Å². The number of aromatic nitrogens is 1. The van der Waals surface area contributed by atoms with E-state index in [0.717, 1.165) is 10.7 Å². The molecule has 1 aromatic rings. The molecular weight excluding hydrogens is 305 g/mol. The average molecular weight is 329 g/mol. The van der Waals surface area contributed by atoms with E-state index in [-0.39, 0.29) is 6.04 Å². The molecule has 124 valence electrons. The predicted octanol–water partition coefficient (Wildman–Crippen LogP) is 2.89. The normalized spacial score (nSPS) is 22.8. The van der Waals surface area contributed by atoms with Crippen molar-refractivity contribution in [1.82, 2.24) is 15.2 Å². The van der Waals surface area contributed by atoms with Gasteiger partial charge in [0.05, 0.1) is 10.7 Å². The van der Waals surface area contributed by atoms with Crippen molar-refractivity contribution < 1.29 is 13.9 Å². The Morgan fingerprint density at radius 3 is 2.91 bits per heavy atom. The first-order valence-electron chi connectivity index (χ1n) is 7.49. The molecule has 1 amide bonds. The van der Waals surface area contributed by atoms with Crippen molar-refractivity contribution in [3.63, 3.8) is 0 Å². The molecule has 5 nitrogen and oxygen atoms in total. The molecule has 1 fully saturated rings. The van der Waals surface area contributed by atoms with Crippen molar-refractivity contribution in [2.24, 2.45) is 0 Å². The van der Waals surface area contributed by atoms with Crippen LogP contribution in [-0.4, -0.2) is 46.9 Å². The minimum atomic E-state index is -0.856. The molecule has 7 heteroatoms. The Balaban J connectivity index is 1.86. The number of likely N-dealkylation sites (tertiary alicyclic amines) is 1. The third-order valence-electron chi connectivity index (χ3n) is 3.39. The summed E-state index contributed by atoms with van der Waals surface area (Å²) in [7, 11) is 0. The zero-order valence-corrected chi connectivity index (χ0v) is 14.4. The van der Waals surface area contributed by atoms with Gasteiger partial charge in [-0.05, 0) is 34.1 Å². The Morgan fingerprint density at radius 1 is 1.59 bits per heavy atom. The first kappa shape index (κ1) is 17.1. The quantitative estimate of drug-likeness (QED) is 0.923. The van der Waals surface area contributed by atoms with Crippen molar-refractivity contribution in [2.45, 2.75) is 58.5 Å². The zero-order chi connectivity index (χ0) is 16.3. The van der Waals surface area contributed by atoms with Crippen LogP contribution in [-0.2, 0) is 11.3 Å². The molecule has 22 heavy (non-hydrogen) atoms. The maximum absolute atomic E-state index is 13.7. The van der Waals surface area contributed by atoms with Crippen LogP contribution in [0.15, 0.2) is 5.38 Å². The van der Waals surface area contributed by atoms with E-state index in [4.69, 9.17) is 4.74 Å². The van der Waals surface area contributed by atoms with E-state index in [1.165, 1.54) is 0 Å². The Bertz CT molecular complexity index is 515. The fourth-order valence-electron chi connectivity index (χ4n) is 2.53. The number of ether oxygens (including phenoxy) is 1. The molecule has 1 aliphatic heterocycles. The second-order valence-corrected chi connectivity index (χ2v) is 7.72. The lowest BCUT2D eigenvalue weighted by Gasteiger charge is -2.25. The van der Waals surface area contributed by atoms with Crippen LogP contribution in [0.4, 0.5) is 9.18 Å². The molecule has 1 saturated heterocycles. The van der Waals surface area contributed by atoms with Gasteiger partial charge in [-0.3, -0.25) is 4.90 Å². The van der Waals surface area contributed by atoms with E-state index in [9.17, 15) is 9.18 Å². The van der Waals surface area contributed by atoms with E-state index < -0.39 is 17.9 Å². The first-order valence-corrected chi connectivity index (χ1v) is 8.37. The molecule has 0 aromatic carbocycles. The number of carbonyl (C=O) groups is 1. The van der Waals surface area contributed by atoms with Gasteiger partial charge in [-0.2, -0.15) is 0 Å². The maximum atomic E-state index is 13.7. The largest absolute Gasteiger partial charge is 0.444 e. The van der Waals surface area contributed by atoms with Crippen LogP contribution in [0.25, 0.3) is 0 Å². The summed E-state index contributed by atoms with van der Waals surface area (Å²) in [6.07, 6.45) is -0.886. The van der Waals surface area contributed by atoms with Crippen LogP contribution >= 0.6 is 11.3 Å². The summed E-state index contributed by atoms with van der Waals surface area (Å²) in [4.78, 5) is 18.2. The van der Waals surface area contributed by atoms with Gasteiger partial charge in [0.2, 0.25) is 0 Å². The van der Waals surface area contributed by atoms with Crippen LogP contribution in [0.2, 0.25) is 0 Å². The number of nitrogens with zero attached hydrogens (tertiary/aromatic N) is 2. The van der Waals surface area contributed by atoms with E-state index in [0.29, 0.717) is 26.1 Å². The van der Waals surface area contributed by atoms with Crippen molar-refractivity contribution in [2.75, 3.05) is 13.1 Å². The van der Waals surface area contributed by atoms with Gasteiger partial charge in [0.25, 0.3) is 0 Å². The summed E-state index contributed by atoms with van der Waals surface area (Å²) in [5.41, 5.74) is 0.430. The average Bonchev–Trinajstić information content (AvgIpc) is 2.91. The first-order chi connectivity index (χ1) is 10.2. The number of halogens is 1. The number of alkyl halides is 1. The molecule has 0 aliphatic carbocycles. The fourth-order valence-corrected chi connectivity index (χ4v) is 3.14. The van der Waals surface area contributed by atoms with Gasteiger partial charge < -0.3 is 10.1 Å². The summed E-state index contributed by atoms with van der Waals surface area (Å²) in [6.45, 7) is 8.79. The summed E-state index contributed by atoms with van der Waals surface area (Å²) in [5.74, 6) is 0. The third-order valence-corrected chi connectivity index (χ3v) is 4.21. The lowest BCUT2D eigenvalue weighted by molar-refractivity contribution is 0.0512.